The zero-order valence-electron chi connectivity index (χ0n) is 16.5. The quantitative estimate of drug-likeness (QED) is 0.454. The van der Waals surface area contributed by atoms with Crippen molar-refractivity contribution < 1.29 is 18.7 Å². The molecule has 1 aliphatic carbocycles. The lowest BCUT2D eigenvalue weighted by Gasteiger charge is -2.13. The van der Waals surface area contributed by atoms with Crippen molar-refractivity contribution in [1.29, 1.82) is 5.26 Å². The van der Waals surface area contributed by atoms with Gasteiger partial charge in [0.15, 0.2) is 6.10 Å². The van der Waals surface area contributed by atoms with Gasteiger partial charge in [0.1, 0.15) is 17.5 Å². The van der Waals surface area contributed by atoms with Gasteiger partial charge in [0, 0.05) is 23.1 Å². The third-order valence-electron chi connectivity index (χ3n) is 4.84. The van der Waals surface area contributed by atoms with Gasteiger partial charge >= 0.3 is 5.97 Å². The van der Waals surface area contributed by atoms with Crippen LogP contribution in [-0.4, -0.2) is 22.5 Å². The number of aryl methyl sites for hydroxylation is 1. The van der Waals surface area contributed by atoms with Gasteiger partial charge < -0.3 is 14.6 Å². The zero-order valence-corrected chi connectivity index (χ0v) is 16.5. The van der Waals surface area contributed by atoms with E-state index in [1.165, 1.54) is 37.3 Å². The Kier molecular flexibility index (Phi) is 5.83. The molecule has 1 N–H and O–H groups in total. The average Bonchev–Trinajstić information content (AvgIpc) is 3.47. The summed E-state index contributed by atoms with van der Waals surface area (Å²) < 4.78 is 20.3. The molecular formula is C22H22FN3O3. The largest absolute Gasteiger partial charge is 0.448 e. The molecule has 1 aliphatic rings. The topological polar surface area (TPSA) is 84.1 Å². The van der Waals surface area contributed by atoms with E-state index in [9.17, 15) is 19.2 Å². The van der Waals surface area contributed by atoms with E-state index in [2.05, 4.69) is 9.88 Å². The molecule has 1 amide bonds. The van der Waals surface area contributed by atoms with E-state index in [-0.39, 0.29) is 5.57 Å². The standard InChI is InChI=1S/C22H22FN3O3/c1-13-10-16(14(2)26(13)20-8-9-20)11-17(12-24)22(28)29-15(3)21(27)25-19-6-4-18(23)5-7-19/h4-7,10-11,15,20H,8-9H2,1-3H3,(H,25,27)/b17-11+/t15-/m1/s1. The molecule has 7 heteroatoms. The van der Waals surface area contributed by atoms with Crippen LogP contribution in [0.3, 0.4) is 0 Å². The number of ether oxygens (including phenoxy) is 1. The first-order valence-corrected chi connectivity index (χ1v) is 9.37. The summed E-state index contributed by atoms with van der Waals surface area (Å²) in [6, 6.07) is 9.50. The highest BCUT2D eigenvalue weighted by atomic mass is 19.1. The number of aromatic nitrogens is 1. The van der Waals surface area contributed by atoms with Crippen LogP contribution in [-0.2, 0) is 14.3 Å². The molecule has 29 heavy (non-hydrogen) atoms. The van der Waals surface area contributed by atoms with Crippen LogP contribution in [0.5, 0.6) is 0 Å². The number of amides is 1. The number of nitrogens with one attached hydrogen (secondary N) is 1. The number of esters is 1. The fourth-order valence-corrected chi connectivity index (χ4v) is 3.19. The van der Waals surface area contributed by atoms with Crippen LogP contribution >= 0.6 is 0 Å². The Morgan fingerprint density at radius 2 is 1.97 bits per heavy atom. The predicted octanol–water partition coefficient (Wildman–Crippen LogP) is 4.06. The van der Waals surface area contributed by atoms with Crippen LogP contribution in [0.15, 0.2) is 35.9 Å². The average molecular weight is 395 g/mol. The molecule has 0 radical (unpaired) electrons. The van der Waals surface area contributed by atoms with Crippen molar-refractivity contribution in [3.8, 4) is 6.07 Å². The van der Waals surface area contributed by atoms with E-state index >= 15 is 0 Å². The van der Waals surface area contributed by atoms with Crippen molar-refractivity contribution in [3.05, 3.63) is 58.7 Å². The third kappa shape index (κ3) is 4.72. The van der Waals surface area contributed by atoms with Crippen LogP contribution in [0.1, 0.15) is 42.8 Å². The number of rotatable bonds is 6. The van der Waals surface area contributed by atoms with Crippen molar-refractivity contribution in [1.82, 2.24) is 4.57 Å². The first-order valence-electron chi connectivity index (χ1n) is 9.37. The molecule has 0 unspecified atom stereocenters. The molecule has 1 aromatic heterocycles. The molecule has 1 saturated carbocycles. The normalized spacial score (nSPS) is 14.8. The highest BCUT2D eigenvalue weighted by Gasteiger charge is 2.27. The molecule has 1 atom stereocenters. The Labute approximate surface area is 168 Å². The zero-order chi connectivity index (χ0) is 21.1. The Bertz CT molecular complexity index is 1010. The summed E-state index contributed by atoms with van der Waals surface area (Å²) in [5, 5.41) is 11.9. The molecular weight excluding hydrogens is 373 g/mol. The summed E-state index contributed by atoms with van der Waals surface area (Å²) in [5.41, 5.74) is 3.05. The number of halogens is 1. The fourth-order valence-electron chi connectivity index (χ4n) is 3.19. The Morgan fingerprint density at radius 1 is 1.31 bits per heavy atom. The van der Waals surface area contributed by atoms with E-state index < -0.39 is 23.8 Å². The minimum atomic E-state index is -1.12. The van der Waals surface area contributed by atoms with Gasteiger partial charge in [-0.3, -0.25) is 4.79 Å². The second-order valence-corrected chi connectivity index (χ2v) is 7.14. The Balaban J connectivity index is 1.68. The smallest absolute Gasteiger partial charge is 0.349 e. The first-order chi connectivity index (χ1) is 13.8. The number of nitrogens with zero attached hydrogens (tertiary/aromatic N) is 2. The molecule has 1 aromatic carbocycles. The van der Waals surface area contributed by atoms with Gasteiger partial charge in [0.2, 0.25) is 0 Å². The minimum Gasteiger partial charge on any atom is -0.448 e. The SMILES string of the molecule is Cc1cc(/C=C(\C#N)C(=O)O[C@H](C)C(=O)Nc2ccc(F)cc2)c(C)n1C1CC1. The molecule has 0 bridgehead atoms. The summed E-state index contributed by atoms with van der Waals surface area (Å²) in [6.07, 6.45) is 2.64. The molecule has 150 valence electrons. The van der Waals surface area contributed by atoms with Crippen LogP contribution in [0.4, 0.5) is 10.1 Å². The molecule has 6 nitrogen and oxygen atoms in total. The van der Waals surface area contributed by atoms with Gasteiger partial charge in [-0.15, -0.1) is 0 Å². The van der Waals surface area contributed by atoms with E-state index in [1.807, 2.05) is 26.0 Å². The predicted molar refractivity (Wildman–Crippen MR) is 106 cm³/mol. The number of hydrogen-bond donors (Lipinski definition) is 1. The maximum Gasteiger partial charge on any atom is 0.349 e. The second-order valence-electron chi connectivity index (χ2n) is 7.14. The van der Waals surface area contributed by atoms with Gasteiger partial charge in [-0.05, 0) is 75.6 Å². The summed E-state index contributed by atoms with van der Waals surface area (Å²) in [5.74, 6) is -1.87. The van der Waals surface area contributed by atoms with Gasteiger partial charge in [0.25, 0.3) is 5.91 Å². The lowest BCUT2D eigenvalue weighted by Crippen LogP contribution is -2.30. The number of benzene rings is 1. The van der Waals surface area contributed by atoms with Crippen molar-refractivity contribution in [2.45, 2.75) is 45.8 Å². The number of carbonyl (C=O) groups is 2. The van der Waals surface area contributed by atoms with Crippen LogP contribution in [0.2, 0.25) is 0 Å². The van der Waals surface area contributed by atoms with Gasteiger partial charge in [0.05, 0.1) is 0 Å². The molecule has 1 fully saturated rings. The van der Waals surface area contributed by atoms with Gasteiger partial charge in [-0.1, -0.05) is 0 Å². The van der Waals surface area contributed by atoms with E-state index in [1.54, 1.807) is 0 Å². The van der Waals surface area contributed by atoms with Crippen molar-refractivity contribution in [2.75, 3.05) is 5.32 Å². The van der Waals surface area contributed by atoms with Crippen molar-refractivity contribution in [2.24, 2.45) is 0 Å². The van der Waals surface area contributed by atoms with E-state index in [4.69, 9.17) is 4.74 Å². The number of carbonyl (C=O) groups excluding carboxylic acids is 2. The molecule has 0 spiro atoms. The maximum absolute atomic E-state index is 12.9. The van der Waals surface area contributed by atoms with Crippen LogP contribution in [0, 0.1) is 31.0 Å². The molecule has 0 saturated heterocycles. The van der Waals surface area contributed by atoms with Crippen molar-refractivity contribution in [3.63, 3.8) is 0 Å². The Hall–Kier alpha value is -3.40. The number of nitriles is 1. The Morgan fingerprint density at radius 3 is 2.55 bits per heavy atom. The second kappa shape index (κ2) is 8.31. The molecule has 0 aliphatic heterocycles. The fraction of sp³-hybridized carbons (Fsp3) is 0.318. The minimum absolute atomic E-state index is 0.178. The first kappa shape index (κ1) is 20.3. The summed E-state index contributed by atoms with van der Waals surface area (Å²) in [7, 11) is 0. The highest BCUT2D eigenvalue weighted by Crippen LogP contribution is 2.38. The lowest BCUT2D eigenvalue weighted by molar-refractivity contribution is -0.148. The van der Waals surface area contributed by atoms with Crippen LogP contribution < -0.4 is 5.32 Å². The maximum atomic E-state index is 12.9. The summed E-state index contributed by atoms with van der Waals surface area (Å²) >= 11 is 0. The molecule has 3 rings (SSSR count). The van der Waals surface area contributed by atoms with E-state index in [0.29, 0.717) is 11.7 Å². The number of anilines is 1. The van der Waals surface area contributed by atoms with Gasteiger partial charge in [-0.2, -0.15) is 5.26 Å². The molecule has 1 heterocycles. The summed E-state index contributed by atoms with van der Waals surface area (Å²) in [4.78, 5) is 24.6. The lowest BCUT2D eigenvalue weighted by atomic mass is 10.1. The van der Waals surface area contributed by atoms with Crippen molar-refractivity contribution >= 4 is 23.6 Å². The van der Waals surface area contributed by atoms with Crippen LogP contribution in [0.25, 0.3) is 6.08 Å². The van der Waals surface area contributed by atoms with Gasteiger partial charge in [-0.25, -0.2) is 9.18 Å². The van der Waals surface area contributed by atoms with E-state index in [0.717, 1.165) is 29.8 Å². The summed E-state index contributed by atoms with van der Waals surface area (Å²) in [6.45, 7) is 5.36. The highest BCUT2D eigenvalue weighted by molar-refractivity contribution is 6.01. The molecule has 2 aromatic rings. The monoisotopic (exact) mass is 395 g/mol. The number of hydrogen-bond acceptors (Lipinski definition) is 4. The third-order valence-corrected chi connectivity index (χ3v) is 4.84.